The molecule has 2 aromatic carbocycles. The first-order valence-corrected chi connectivity index (χ1v) is 11.7. The highest BCUT2D eigenvalue weighted by atomic mass is 33.8. The van der Waals surface area contributed by atoms with Gasteiger partial charge in [0.2, 0.25) is 0 Å². The fourth-order valence-corrected chi connectivity index (χ4v) is 6.63. The van der Waals surface area contributed by atoms with E-state index in [1.165, 1.54) is 0 Å². The van der Waals surface area contributed by atoms with Crippen LogP contribution in [0.1, 0.15) is 0 Å². The van der Waals surface area contributed by atoms with Crippen molar-refractivity contribution in [2.24, 2.45) is 0 Å². The third-order valence-corrected chi connectivity index (χ3v) is 8.37. The largest absolute Gasteiger partial charge is 0.330 e. The molecule has 0 radical (unpaired) electrons. The van der Waals surface area contributed by atoms with Gasteiger partial charge in [0.25, 0.3) is 0 Å². The Bertz CT molecular complexity index is 420. The lowest BCUT2D eigenvalue weighted by molar-refractivity contribution is 0.503. The average Bonchev–Trinajstić information content (AvgIpc) is 2.49. The summed E-state index contributed by atoms with van der Waals surface area (Å²) in [6, 6.07) is 24.0. The van der Waals surface area contributed by atoms with Crippen LogP contribution >= 0.6 is 41.1 Å². The highest BCUT2D eigenvalue weighted by molar-refractivity contribution is 9.33. The van der Waals surface area contributed by atoms with Gasteiger partial charge >= 0.3 is 9.15 Å². The molecule has 0 amide bonds. The van der Waals surface area contributed by atoms with Gasteiger partial charge in [-0.15, -0.1) is 0 Å². The number of hydrogen-bond donors (Lipinski definition) is 2. The number of thiol groups is 1. The molecule has 110 valence electrons. The first kappa shape index (κ1) is 19.8. The fourth-order valence-electron chi connectivity index (χ4n) is 0.817. The summed E-state index contributed by atoms with van der Waals surface area (Å²) >= 11 is 3.62. The first-order chi connectivity index (χ1) is 9.56. The van der Waals surface area contributed by atoms with Gasteiger partial charge in [0, 0.05) is 9.83 Å². The maximum Gasteiger partial charge on any atom is 0.330 e. The Labute approximate surface area is 135 Å². The summed E-state index contributed by atoms with van der Waals surface area (Å²) in [5.74, 6) is 0. The molecule has 0 aliphatic rings. The van der Waals surface area contributed by atoms with Crippen LogP contribution in [0.4, 0.5) is 0 Å². The van der Waals surface area contributed by atoms with Gasteiger partial charge in [-0.2, -0.15) is 8.42 Å². The molecule has 0 atom stereocenters. The Kier molecular flexibility index (Phi) is 13.5. The van der Waals surface area contributed by atoms with Crippen molar-refractivity contribution in [2.75, 3.05) is 0 Å². The molecule has 0 saturated carbocycles. The maximum absolute atomic E-state index is 9.84. The lowest BCUT2D eigenvalue weighted by Gasteiger charge is -1.86. The summed E-state index contributed by atoms with van der Waals surface area (Å²) in [7, 11) is -1.67. The zero-order chi connectivity index (χ0) is 15.1. The predicted molar refractivity (Wildman–Crippen MR) is 96.2 cm³/mol. The summed E-state index contributed by atoms with van der Waals surface area (Å²) in [6.07, 6.45) is 0. The summed E-state index contributed by atoms with van der Waals surface area (Å²) in [5, 5.41) is 0. The second-order valence-corrected chi connectivity index (χ2v) is 10.5. The van der Waals surface area contributed by atoms with E-state index in [1.807, 2.05) is 72.8 Å². The van der Waals surface area contributed by atoms with Crippen LogP contribution < -0.4 is 0 Å². The third kappa shape index (κ3) is 17.8. The fraction of sp³-hybridized carbons (Fsp3) is 0. The molecule has 0 unspecified atom stereocenters. The molecule has 20 heavy (non-hydrogen) atoms. The Morgan fingerprint density at radius 3 is 1.05 bits per heavy atom. The highest BCUT2D eigenvalue weighted by Gasteiger charge is 2.03. The second kappa shape index (κ2) is 13.7. The van der Waals surface area contributed by atoms with Crippen molar-refractivity contribution in [1.82, 2.24) is 0 Å². The van der Waals surface area contributed by atoms with Crippen molar-refractivity contribution in [3.63, 3.8) is 0 Å². The summed E-state index contributed by atoms with van der Waals surface area (Å²) in [5.41, 5.74) is 0. The molecule has 0 spiro atoms. The molecule has 2 aromatic rings. The second-order valence-electron chi connectivity index (χ2n) is 2.95. The van der Waals surface area contributed by atoms with Crippen molar-refractivity contribution in [2.45, 2.75) is 0 Å². The van der Waals surface area contributed by atoms with E-state index >= 15 is 0 Å². The minimum Gasteiger partial charge on any atom is -0.277 e. The molecular formula is C12H14O3S5. The molecule has 0 aromatic heterocycles. The number of benzene rings is 2. The summed E-state index contributed by atoms with van der Waals surface area (Å²) in [4.78, 5) is 0. The SMILES string of the molecule is O=S(=O)(O)SSSS.c1ccccc1.c1ccccc1. The topological polar surface area (TPSA) is 54.4 Å². The van der Waals surface area contributed by atoms with Crippen molar-refractivity contribution in [1.29, 1.82) is 0 Å². The van der Waals surface area contributed by atoms with E-state index in [0.29, 0.717) is 9.83 Å². The van der Waals surface area contributed by atoms with Crippen molar-refractivity contribution < 1.29 is 13.0 Å². The molecule has 1 N–H and O–H groups in total. The zero-order valence-corrected chi connectivity index (χ0v) is 14.4. The molecule has 8 heteroatoms. The van der Waals surface area contributed by atoms with Crippen molar-refractivity contribution >= 4 is 50.3 Å². The van der Waals surface area contributed by atoms with Gasteiger partial charge in [-0.1, -0.05) is 84.5 Å². The van der Waals surface area contributed by atoms with Crippen LogP contribution in [0.15, 0.2) is 72.8 Å². The van der Waals surface area contributed by atoms with Crippen LogP contribution in [-0.4, -0.2) is 13.0 Å². The van der Waals surface area contributed by atoms with E-state index in [-0.39, 0.29) is 0 Å². The number of hydrogen-bond acceptors (Lipinski definition) is 6. The molecule has 3 nitrogen and oxygen atoms in total. The van der Waals surface area contributed by atoms with Gasteiger partial charge in [-0.25, -0.2) is 0 Å². The Morgan fingerprint density at radius 1 is 0.700 bits per heavy atom. The quantitative estimate of drug-likeness (QED) is 0.451. The molecule has 0 bridgehead atoms. The normalized spacial score (nSPS) is 9.50. The smallest absolute Gasteiger partial charge is 0.277 e. The van der Waals surface area contributed by atoms with Crippen LogP contribution in [0.3, 0.4) is 0 Å². The average molecular weight is 367 g/mol. The number of rotatable bonds is 3. The standard InChI is InChI=1S/2C6H6.H2O3S5/c2*1-2-4-6-5-3-1;1-8(2,3)7-6-5-4/h2*1-6H;4H,(H,1,2,3). The van der Waals surface area contributed by atoms with E-state index in [1.54, 1.807) is 0 Å². The van der Waals surface area contributed by atoms with Crippen LogP contribution in [0.2, 0.25) is 0 Å². The first-order valence-electron chi connectivity index (χ1n) is 5.20. The molecule has 0 aliphatic heterocycles. The molecule has 2 rings (SSSR count). The van der Waals surface area contributed by atoms with Gasteiger partial charge in [-0.05, 0) is 9.83 Å². The van der Waals surface area contributed by atoms with Crippen LogP contribution in [0, 0.1) is 0 Å². The van der Waals surface area contributed by atoms with Gasteiger partial charge in [0.1, 0.15) is 0 Å². The van der Waals surface area contributed by atoms with Crippen LogP contribution in [0.5, 0.6) is 0 Å². The van der Waals surface area contributed by atoms with Crippen molar-refractivity contribution in [3.8, 4) is 0 Å². The Morgan fingerprint density at radius 2 is 0.950 bits per heavy atom. The predicted octanol–water partition coefficient (Wildman–Crippen LogP) is 5.04. The van der Waals surface area contributed by atoms with Gasteiger partial charge in [-0.3, -0.25) is 4.55 Å². The lowest BCUT2D eigenvalue weighted by atomic mass is 10.4. The van der Waals surface area contributed by atoms with Crippen LogP contribution in [-0.2, 0) is 9.15 Å². The molecule has 0 fully saturated rings. The monoisotopic (exact) mass is 366 g/mol. The van der Waals surface area contributed by atoms with Gasteiger partial charge < -0.3 is 0 Å². The molecule has 0 aliphatic carbocycles. The summed E-state index contributed by atoms with van der Waals surface area (Å²) in [6.45, 7) is 0. The molecule has 0 saturated heterocycles. The molecule has 0 heterocycles. The Hall–Kier alpha value is -0.250. The van der Waals surface area contributed by atoms with E-state index < -0.39 is 9.15 Å². The molecular weight excluding hydrogens is 352 g/mol. The minimum absolute atomic E-state index is 0.365. The van der Waals surface area contributed by atoms with Crippen molar-refractivity contribution in [3.05, 3.63) is 72.8 Å². The van der Waals surface area contributed by atoms with E-state index in [9.17, 15) is 8.42 Å². The summed E-state index contributed by atoms with van der Waals surface area (Å²) < 4.78 is 27.7. The van der Waals surface area contributed by atoms with Crippen LogP contribution in [0.25, 0.3) is 0 Å². The van der Waals surface area contributed by atoms with Gasteiger partial charge in [0.15, 0.2) is 0 Å². The van der Waals surface area contributed by atoms with Gasteiger partial charge in [0.05, 0.1) is 9.83 Å². The zero-order valence-electron chi connectivity index (χ0n) is 10.3. The maximum atomic E-state index is 9.84. The van der Waals surface area contributed by atoms with E-state index in [2.05, 4.69) is 11.7 Å². The minimum atomic E-state index is -3.88. The third-order valence-electron chi connectivity index (χ3n) is 1.48. The van der Waals surface area contributed by atoms with E-state index in [0.717, 1.165) is 19.7 Å². The van der Waals surface area contributed by atoms with E-state index in [4.69, 9.17) is 4.55 Å². The lowest BCUT2D eigenvalue weighted by Crippen LogP contribution is -1.83. The highest BCUT2D eigenvalue weighted by Crippen LogP contribution is 2.39. The Balaban J connectivity index is 0.000000274.